The minimum atomic E-state index is -3.84. The van der Waals surface area contributed by atoms with Crippen LogP contribution in [-0.4, -0.2) is 39.0 Å². The summed E-state index contributed by atoms with van der Waals surface area (Å²) in [4.78, 5) is 24.4. The SMILES string of the molecule is COc1ccccc1C(=O)NCCC(=O)Nc1ccc(S(=O)(=O)Nc2cc(C)on2)cc1. The van der Waals surface area contributed by atoms with Crippen molar-refractivity contribution in [2.75, 3.05) is 23.7 Å². The van der Waals surface area contributed by atoms with Gasteiger partial charge >= 0.3 is 0 Å². The first kappa shape index (κ1) is 22.8. The number of sulfonamides is 1. The lowest BCUT2D eigenvalue weighted by molar-refractivity contribution is -0.116. The molecule has 0 spiro atoms. The first-order valence-electron chi connectivity index (χ1n) is 9.56. The highest BCUT2D eigenvalue weighted by Gasteiger charge is 2.16. The van der Waals surface area contributed by atoms with Gasteiger partial charge in [0.1, 0.15) is 11.5 Å². The molecule has 0 radical (unpaired) electrons. The Balaban J connectivity index is 1.50. The molecule has 32 heavy (non-hydrogen) atoms. The normalized spacial score (nSPS) is 10.9. The second-order valence-corrected chi connectivity index (χ2v) is 8.39. The predicted molar refractivity (Wildman–Crippen MR) is 117 cm³/mol. The van der Waals surface area contributed by atoms with E-state index in [4.69, 9.17) is 9.26 Å². The molecule has 2 amide bonds. The summed E-state index contributed by atoms with van der Waals surface area (Å²) in [5.74, 6) is 0.310. The molecule has 0 saturated heterocycles. The van der Waals surface area contributed by atoms with Crippen molar-refractivity contribution >= 4 is 33.3 Å². The van der Waals surface area contributed by atoms with Crippen LogP contribution in [0.1, 0.15) is 22.5 Å². The Morgan fingerprint density at radius 1 is 1.09 bits per heavy atom. The number of nitrogens with one attached hydrogen (secondary N) is 3. The number of hydrogen-bond donors (Lipinski definition) is 3. The molecule has 0 atom stereocenters. The van der Waals surface area contributed by atoms with E-state index < -0.39 is 10.0 Å². The highest BCUT2D eigenvalue weighted by Crippen LogP contribution is 2.19. The molecule has 11 heteroatoms. The van der Waals surface area contributed by atoms with E-state index in [1.54, 1.807) is 31.2 Å². The Morgan fingerprint density at radius 3 is 2.47 bits per heavy atom. The Kier molecular flexibility index (Phi) is 7.11. The average molecular weight is 458 g/mol. The number of hydrogen-bond acceptors (Lipinski definition) is 7. The fourth-order valence-corrected chi connectivity index (χ4v) is 3.75. The van der Waals surface area contributed by atoms with Crippen LogP contribution in [0.3, 0.4) is 0 Å². The molecule has 0 fully saturated rings. The lowest BCUT2D eigenvalue weighted by Crippen LogP contribution is -2.28. The van der Waals surface area contributed by atoms with E-state index in [2.05, 4.69) is 20.5 Å². The molecule has 0 aliphatic heterocycles. The Bertz CT molecular complexity index is 1210. The van der Waals surface area contributed by atoms with Crippen LogP contribution in [0.4, 0.5) is 11.5 Å². The fourth-order valence-electron chi connectivity index (χ4n) is 2.77. The van der Waals surface area contributed by atoms with Crippen LogP contribution < -0.4 is 20.1 Å². The minimum absolute atomic E-state index is 0.000207. The van der Waals surface area contributed by atoms with E-state index in [-0.39, 0.29) is 35.5 Å². The number of aromatic nitrogens is 1. The number of aryl methyl sites for hydroxylation is 1. The number of para-hydroxylation sites is 1. The molecule has 0 saturated carbocycles. The summed E-state index contributed by atoms with van der Waals surface area (Å²) in [6, 6.07) is 13.9. The van der Waals surface area contributed by atoms with E-state index in [9.17, 15) is 18.0 Å². The van der Waals surface area contributed by atoms with Crippen LogP contribution in [-0.2, 0) is 14.8 Å². The van der Waals surface area contributed by atoms with Crippen molar-refractivity contribution in [1.82, 2.24) is 10.5 Å². The van der Waals surface area contributed by atoms with Gasteiger partial charge in [-0.25, -0.2) is 8.42 Å². The molecule has 1 aromatic heterocycles. The summed E-state index contributed by atoms with van der Waals surface area (Å²) in [5.41, 5.74) is 0.795. The molecular formula is C21H22N4O6S. The summed E-state index contributed by atoms with van der Waals surface area (Å²) >= 11 is 0. The Morgan fingerprint density at radius 2 is 1.81 bits per heavy atom. The van der Waals surface area contributed by atoms with Gasteiger partial charge in [0, 0.05) is 24.7 Å². The van der Waals surface area contributed by atoms with Gasteiger partial charge in [0.2, 0.25) is 5.91 Å². The monoisotopic (exact) mass is 458 g/mol. The molecular weight excluding hydrogens is 436 g/mol. The second kappa shape index (κ2) is 9.96. The first-order chi connectivity index (χ1) is 15.3. The molecule has 0 aliphatic carbocycles. The van der Waals surface area contributed by atoms with Gasteiger partial charge in [0.15, 0.2) is 5.82 Å². The third kappa shape index (κ3) is 5.85. The van der Waals surface area contributed by atoms with Crippen LogP contribution in [0.25, 0.3) is 0 Å². The van der Waals surface area contributed by atoms with E-state index in [0.29, 0.717) is 22.8 Å². The molecule has 3 aromatic rings. The topological polar surface area (TPSA) is 140 Å². The van der Waals surface area contributed by atoms with Gasteiger partial charge in [0.25, 0.3) is 15.9 Å². The van der Waals surface area contributed by atoms with Crippen molar-refractivity contribution in [1.29, 1.82) is 0 Å². The zero-order chi connectivity index (χ0) is 23.1. The summed E-state index contributed by atoms with van der Waals surface area (Å²) in [6.45, 7) is 1.77. The summed E-state index contributed by atoms with van der Waals surface area (Å²) < 4.78 is 37.1. The Labute approximate surface area is 185 Å². The number of carbonyl (C=O) groups excluding carboxylic acids is 2. The third-order valence-corrected chi connectivity index (χ3v) is 5.68. The van der Waals surface area contributed by atoms with Crippen molar-refractivity contribution in [3.8, 4) is 5.75 Å². The smallest absolute Gasteiger partial charge is 0.263 e. The minimum Gasteiger partial charge on any atom is -0.496 e. The van der Waals surface area contributed by atoms with Crippen LogP contribution in [0.15, 0.2) is 64.0 Å². The van der Waals surface area contributed by atoms with Gasteiger partial charge in [-0.2, -0.15) is 0 Å². The highest BCUT2D eigenvalue weighted by molar-refractivity contribution is 7.92. The van der Waals surface area contributed by atoms with Gasteiger partial charge in [0.05, 0.1) is 17.6 Å². The predicted octanol–water partition coefficient (Wildman–Crippen LogP) is 2.55. The zero-order valence-electron chi connectivity index (χ0n) is 17.4. The Hall–Kier alpha value is -3.86. The van der Waals surface area contributed by atoms with Gasteiger partial charge in [-0.3, -0.25) is 14.3 Å². The summed E-state index contributed by atoms with van der Waals surface area (Å²) in [5, 5.41) is 8.91. The van der Waals surface area contributed by atoms with E-state index in [1.165, 1.54) is 37.4 Å². The van der Waals surface area contributed by atoms with E-state index in [0.717, 1.165) is 0 Å². The second-order valence-electron chi connectivity index (χ2n) is 6.71. The molecule has 0 unspecified atom stereocenters. The maximum Gasteiger partial charge on any atom is 0.263 e. The van der Waals surface area contributed by atoms with E-state index in [1.807, 2.05) is 0 Å². The summed E-state index contributed by atoms with van der Waals surface area (Å²) in [7, 11) is -2.37. The number of carbonyl (C=O) groups is 2. The number of rotatable bonds is 9. The molecule has 0 bridgehead atoms. The lowest BCUT2D eigenvalue weighted by atomic mass is 10.2. The number of methoxy groups -OCH3 is 1. The van der Waals surface area contributed by atoms with Crippen molar-refractivity contribution in [2.45, 2.75) is 18.2 Å². The maximum atomic E-state index is 12.4. The molecule has 3 rings (SSSR count). The largest absolute Gasteiger partial charge is 0.496 e. The molecule has 168 valence electrons. The van der Waals surface area contributed by atoms with Crippen LogP contribution in [0.5, 0.6) is 5.75 Å². The number of anilines is 2. The average Bonchev–Trinajstić information content (AvgIpc) is 3.17. The van der Waals surface area contributed by atoms with Gasteiger partial charge in [-0.05, 0) is 43.3 Å². The lowest BCUT2D eigenvalue weighted by Gasteiger charge is -2.10. The first-order valence-corrected chi connectivity index (χ1v) is 11.0. The molecule has 10 nitrogen and oxygen atoms in total. The fraction of sp³-hybridized carbons (Fsp3) is 0.190. The van der Waals surface area contributed by atoms with Crippen LogP contribution in [0.2, 0.25) is 0 Å². The number of benzene rings is 2. The zero-order valence-corrected chi connectivity index (χ0v) is 18.2. The number of ether oxygens (including phenoxy) is 1. The van der Waals surface area contributed by atoms with Crippen molar-refractivity contribution in [3.05, 3.63) is 65.9 Å². The number of nitrogens with zero attached hydrogens (tertiary/aromatic N) is 1. The highest BCUT2D eigenvalue weighted by atomic mass is 32.2. The van der Waals surface area contributed by atoms with E-state index >= 15 is 0 Å². The maximum absolute atomic E-state index is 12.4. The van der Waals surface area contributed by atoms with Gasteiger partial charge in [-0.15, -0.1) is 0 Å². The van der Waals surface area contributed by atoms with Gasteiger partial charge in [-0.1, -0.05) is 17.3 Å². The molecule has 1 heterocycles. The van der Waals surface area contributed by atoms with Crippen molar-refractivity contribution in [3.63, 3.8) is 0 Å². The molecule has 2 aromatic carbocycles. The quantitative estimate of drug-likeness (QED) is 0.448. The molecule has 0 aliphatic rings. The summed E-state index contributed by atoms with van der Waals surface area (Å²) in [6.07, 6.45) is 0.0357. The van der Waals surface area contributed by atoms with Gasteiger partial charge < -0.3 is 19.9 Å². The standard InChI is InChI=1S/C21H22N4O6S/c1-14-13-19(24-31-14)25-32(28,29)16-9-7-15(8-10-16)23-20(26)11-12-22-21(27)17-5-3-4-6-18(17)30-2/h3-10,13H,11-12H2,1-2H3,(H,22,27)(H,23,26)(H,24,25). The van der Waals surface area contributed by atoms with Crippen LogP contribution in [0, 0.1) is 6.92 Å². The van der Waals surface area contributed by atoms with Crippen molar-refractivity contribution in [2.24, 2.45) is 0 Å². The molecule has 3 N–H and O–H groups in total. The number of amides is 2. The van der Waals surface area contributed by atoms with Crippen molar-refractivity contribution < 1.29 is 27.3 Å². The van der Waals surface area contributed by atoms with Crippen LogP contribution >= 0.6 is 0 Å². The third-order valence-electron chi connectivity index (χ3n) is 4.30.